The largest absolute Gasteiger partial charge is 0.493 e. The lowest BCUT2D eigenvalue weighted by atomic mass is 10.1. The summed E-state index contributed by atoms with van der Waals surface area (Å²) in [5, 5.41) is 7.36. The van der Waals surface area contributed by atoms with Gasteiger partial charge in [-0.2, -0.15) is 0 Å². The molecule has 0 spiro atoms. The molecular weight excluding hydrogens is 527 g/mol. The van der Waals surface area contributed by atoms with Crippen LogP contribution in [-0.2, 0) is 17.9 Å². The van der Waals surface area contributed by atoms with Gasteiger partial charge in [-0.15, -0.1) is 0 Å². The van der Waals surface area contributed by atoms with Gasteiger partial charge in [-0.1, -0.05) is 59.0 Å². The lowest BCUT2D eigenvalue weighted by Gasteiger charge is -2.18. The molecule has 0 aliphatic carbocycles. The van der Waals surface area contributed by atoms with Crippen LogP contribution in [0.25, 0.3) is 0 Å². The summed E-state index contributed by atoms with van der Waals surface area (Å²) in [7, 11) is 1.60. The number of hydrogen-bond acceptors (Lipinski definition) is 4. The standard InChI is InChI=1S/C25H25BrCl2N2O3/c1-15(2)25(31)30-17-9-7-16(8-10-17)29-13-18-20(26)11-12-23(32-3)24(18)33-14-19-21(27)5-4-6-22(19)28/h4-12,15,29H,13-14H2,1-3H3,(H,30,31). The number of carbonyl (C=O) groups is 1. The van der Waals surface area contributed by atoms with Crippen molar-refractivity contribution >= 4 is 56.4 Å². The van der Waals surface area contributed by atoms with Crippen molar-refractivity contribution in [3.8, 4) is 11.5 Å². The van der Waals surface area contributed by atoms with E-state index in [1.807, 2.05) is 50.2 Å². The van der Waals surface area contributed by atoms with Crippen LogP contribution in [0.5, 0.6) is 11.5 Å². The highest BCUT2D eigenvalue weighted by Crippen LogP contribution is 2.38. The zero-order valence-electron chi connectivity index (χ0n) is 18.5. The fourth-order valence-electron chi connectivity index (χ4n) is 3.03. The van der Waals surface area contributed by atoms with Gasteiger partial charge < -0.3 is 20.1 Å². The minimum absolute atomic E-state index is 0.0172. The normalized spacial score (nSPS) is 10.8. The predicted molar refractivity (Wildman–Crippen MR) is 139 cm³/mol. The molecule has 33 heavy (non-hydrogen) atoms. The van der Waals surface area contributed by atoms with Gasteiger partial charge >= 0.3 is 0 Å². The first-order valence-corrected chi connectivity index (χ1v) is 11.9. The Labute approximate surface area is 212 Å². The van der Waals surface area contributed by atoms with Crippen LogP contribution in [0.1, 0.15) is 25.0 Å². The molecule has 0 radical (unpaired) electrons. The van der Waals surface area contributed by atoms with Crippen LogP contribution in [0.2, 0.25) is 10.0 Å². The number of anilines is 2. The van der Waals surface area contributed by atoms with E-state index < -0.39 is 0 Å². The Balaban J connectivity index is 1.77. The first kappa shape index (κ1) is 25.2. The highest BCUT2D eigenvalue weighted by molar-refractivity contribution is 9.10. The summed E-state index contributed by atoms with van der Waals surface area (Å²) >= 11 is 16.2. The molecule has 3 aromatic carbocycles. The molecule has 0 heterocycles. The lowest BCUT2D eigenvalue weighted by molar-refractivity contribution is -0.118. The number of ether oxygens (including phenoxy) is 2. The fraction of sp³-hybridized carbons (Fsp3) is 0.240. The molecule has 0 aromatic heterocycles. The molecule has 0 aliphatic rings. The molecular formula is C25H25BrCl2N2O3. The average molecular weight is 552 g/mol. The summed E-state index contributed by atoms with van der Waals surface area (Å²) in [6.07, 6.45) is 0. The molecule has 0 atom stereocenters. The zero-order valence-corrected chi connectivity index (χ0v) is 21.6. The van der Waals surface area contributed by atoms with Gasteiger partial charge in [0, 0.05) is 49.5 Å². The number of rotatable bonds is 9. The van der Waals surface area contributed by atoms with Gasteiger partial charge in [0.25, 0.3) is 0 Å². The van der Waals surface area contributed by atoms with Crippen molar-refractivity contribution < 1.29 is 14.3 Å². The van der Waals surface area contributed by atoms with Crippen molar-refractivity contribution in [3.05, 3.63) is 80.2 Å². The van der Waals surface area contributed by atoms with Crippen molar-refractivity contribution in [2.24, 2.45) is 5.92 Å². The van der Waals surface area contributed by atoms with E-state index in [1.54, 1.807) is 25.3 Å². The molecule has 0 unspecified atom stereocenters. The maximum Gasteiger partial charge on any atom is 0.226 e. The molecule has 0 saturated carbocycles. The molecule has 0 fully saturated rings. The Kier molecular flexibility index (Phi) is 8.89. The molecule has 5 nitrogen and oxygen atoms in total. The van der Waals surface area contributed by atoms with Crippen LogP contribution in [0, 0.1) is 5.92 Å². The third-order valence-corrected chi connectivity index (χ3v) is 6.41. The topological polar surface area (TPSA) is 59.6 Å². The van der Waals surface area contributed by atoms with Crippen molar-refractivity contribution in [1.29, 1.82) is 0 Å². The maximum atomic E-state index is 11.9. The van der Waals surface area contributed by atoms with Gasteiger partial charge in [-0.05, 0) is 48.5 Å². The van der Waals surface area contributed by atoms with E-state index in [0.717, 1.165) is 21.4 Å². The molecule has 2 N–H and O–H groups in total. The van der Waals surface area contributed by atoms with E-state index in [4.69, 9.17) is 32.7 Å². The van der Waals surface area contributed by atoms with Crippen LogP contribution >= 0.6 is 39.1 Å². The van der Waals surface area contributed by atoms with Gasteiger partial charge in [-0.3, -0.25) is 4.79 Å². The molecule has 1 amide bonds. The van der Waals surface area contributed by atoms with Crippen LogP contribution < -0.4 is 20.1 Å². The van der Waals surface area contributed by atoms with E-state index in [9.17, 15) is 4.79 Å². The monoisotopic (exact) mass is 550 g/mol. The summed E-state index contributed by atoms with van der Waals surface area (Å²) in [5.74, 6) is 1.10. The third kappa shape index (κ3) is 6.56. The van der Waals surface area contributed by atoms with Gasteiger partial charge in [-0.25, -0.2) is 0 Å². The number of halogens is 3. The van der Waals surface area contributed by atoms with Crippen LogP contribution in [0.15, 0.2) is 59.1 Å². The van der Waals surface area contributed by atoms with Crippen molar-refractivity contribution in [2.45, 2.75) is 27.0 Å². The smallest absolute Gasteiger partial charge is 0.226 e. The van der Waals surface area contributed by atoms with E-state index in [1.165, 1.54) is 0 Å². The Bertz CT molecular complexity index is 1100. The van der Waals surface area contributed by atoms with Crippen molar-refractivity contribution in [3.63, 3.8) is 0 Å². The number of methoxy groups -OCH3 is 1. The van der Waals surface area contributed by atoms with E-state index >= 15 is 0 Å². The number of benzene rings is 3. The third-order valence-electron chi connectivity index (χ3n) is 4.96. The highest BCUT2D eigenvalue weighted by Gasteiger charge is 2.16. The van der Waals surface area contributed by atoms with Crippen LogP contribution in [-0.4, -0.2) is 13.0 Å². The predicted octanol–water partition coefficient (Wildman–Crippen LogP) is 7.55. The summed E-state index contributed by atoms with van der Waals surface area (Å²) in [5.41, 5.74) is 3.24. The van der Waals surface area contributed by atoms with E-state index in [-0.39, 0.29) is 18.4 Å². The Hall–Kier alpha value is -2.41. The molecule has 3 aromatic rings. The van der Waals surface area contributed by atoms with Crippen LogP contribution in [0.3, 0.4) is 0 Å². The first-order valence-electron chi connectivity index (χ1n) is 10.4. The zero-order chi connectivity index (χ0) is 24.0. The average Bonchev–Trinajstić information content (AvgIpc) is 2.79. The summed E-state index contributed by atoms with van der Waals surface area (Å²) in [4.78, 5) is 11.9. The summed E-state index contributed by atoms with van der Waals surface area (Å²) < 4.78 is 12.6. The number of hydrogen-bond donors (Lipinski definition) is 2. The van der Waals surface area contributed by atoms with Gasteiger partial charge in [0.1, 0.15) is 6.61 Å². The number of amides is 1. The highest BCUT2D eigenvalue weighted by atomic mass is 79.9. The second-order valence-corrected chi connectivity index (χ2v) is 9.29. The number of carbonyl (C=O) groups excluding carboxylic acids is 1. The second-order valence-electron chi connectivity index (χ2n) is 7.62. The van der Waals surface area contributed by atoms with Crippen molar-refractivity contribution in [2.75, 3.05) is 17.7 Å². The summed E-state index contributed by atoms with van der Waals surface area (Å²) in [6, 6.07) is 16.6. The van der Waals surface area contributed by atoms with Gasteiger partial charge in [0.05, 0.1) is 7.11 Å². The Morgan fingerprint density at radius 3 is 2.21 bits per heavy atom. The molecule has 0 aliphatic heterocycles. The van der Waals surface area contributed by atoms with Crippen molar-refractivity contribution in [1.82, 2.24) is 0 Å². The first-order chi connectivity index (χ1) is 15.8. The second kappa shape index (κ2) is 11.6. The SMILES string of the molecule is COc1ccc(Br)c(CNc2ccc(NC(=O)C(C)C)cc2)c1OCc1c(Cl)cccc1Cl. The molecule has 8 heteroatoms. The molecule has 174 valence electrons. The van der Waals surface area contributed by atoms with E-state index in [0.29, 0.717) is 33.7 Å². The quantitative estimate of drug-likeness (QED) is 0.288. The van der Waals surface area contributed by atoms with Gasteiger partial charge in [0.2, 0.25) is 5.91 Å². The van der Waals surface area contributed by atoms with E-state index in [2.05, 4.69) is 26.6 Å². The van der Waals surface area contributed by atoms with Crippen LogP contribution in [0.4, 0.5) is 11.4 Å². The minimum atomic E-state index is -0.0766. The molecule has 3 rings (SSSR count). The molecule has 0 saturated heterocycles. The summed E-state index contributed by atoms with van der Waals surface area (Å²) in [6.45, 7) is 4.39. The lowest BCUT2D eigenvalue weighted by Crippen LogP contribution is -2.17. The minimum Gasteiger partial charge on any atom is -0.493 e. The fourth-order valence-corrected chi connectivity index (χ4v) is 3.99. The molecule has 0 bridgehead atoms. The Morgan fingerprint density at radius 2 is 1.61 bits per heavy atom. The Morgan fingerprint density at radius 1 is 0.970 bits per heavy atom. The van der Waals surface area contributed by atoms with Gasteiger partial charge in [0.15, 0.2) is 11.5 Å². The number of nitrogens with one attached hydrogen (secondary N) is 2. The maximum absolute atomic E-state index is 11.9.